The summed E-state index contributed by atoms with van der Waals surface area (Å²) in [7, 11) is 2.14. The minimum absolute atomic E-state index is 0.423. The molecular weight excluding hydrogens is 198 g/mol. The molecule has 0 aliphatic carbocycles. The van der Waals surface area contributed by atoms with Crippen LogP contribution in [0.1, 0.15) is 12.5 Å². The van der Waals surface area contributed by atoms with Crippen molar-refractivity contribution in [3.8, 4) is 0 Å². The minimum atomic E-state index is 0.423. The van der Waals surface area contributed by atoms with Crippen LogP contribution in [0.4, 0.5) is 0 Å². The first-order valence-corrected chi connectivity index (χ1v) is 5.77. The molecule has 1 fully saturated rings. The Morgan fingerprint density at radius 2 is 1.94 bits per heavy atom. The fourth-order valence-corrected chi connectivity index (χ4v) is 2.23. The third-order valence-electron chi connectivity index (χ3n) is 3.17. The maximum absolute atomic E-state index is 8.23. The van der Waals surface area contributed by atoms with Crippen molar-refractivity contribution in [2.45, 2.75) is 13.0 Å². The molecule has 1 aromatic carbocycles. The van der Waals surface area contributed by atoms with E-state index in [1.54, 1.807) is 0 Å². The molecule has 16 heavy (non-hydrogen) atoms. The lowest BCUT2D eigenvalue weighted by Gasteiger charge is -2.39. The van der Waals surface area contributed by atoms with E-state index in [9.17, 15) is 0 Å². The van der Waals surface area contributed by atoms with Crippen LogP contribution in [0.5, 0.6) is 0 Å². The van der Waals surface area contributed by atoms with Crippen molar-refractivity contribution in [2.24, 2.45) is 0 Å². The normalized spacial score (nSPS) is 22.1. The van der Waals surface area contributed by atoms with Crippen molar-refractivity contribution < 1.29 is 0 Å². The average molecular weight is 217 g/mol. The molecule has 86 valence electrons. The van der Waals surface area contributed by atoms with E-state index >= 15 is 0 Å². The van der Waals surface area contributed by atoms with Crippen LogP contribution in [-0.4, -0.2) is 48.4 Å². The highest BCUT2D eigenvalue weighted by atomic mass is 15.3. The molecule has 1 N–H and O–H groups in total. The van der Waals surface area contributed by atoms with Gasteiger partial charge < -0.3 is 9.80 Å². The highest BCUT2D eigenvalue weighted by Crippen LogP contribution is 2.12. The lowest BCUT2D eigenvalue weighted by atomic mass is 10.1. The van der Waals surface area contributed by atoms with Crippen LogP contribution < -0.4 is 0 Å². The Balaban J connectivity index is 2.11. The zero-order chi connectivity index (χ0) is 11.5. The second kappa shape index (κ2) is 4.66. The van der Waals surface area contributed by atoms with Crippen molar-refractivity contribution in [1.29, 1.82) is 5.41 Å². The Morgan fingerprint density at radius 1 is 1.25 bits per heavy atom. The van der Waals surface area contributed by atoms with E-state index in [0.29, 0.717) is 11.9 Å². The number of likely N-dealkylation sites (N-methyl/N-ethyl adjacent to an activating group) is 1. The largest absolute Gasteiger partial charge is 0.351 e. The SMILES string of the molecule is CC1CN(C)CCN1C(=N)c1ccccc1. The molecule has 2 rings (SSSR count). The number of hydrogen-bond acceptors (Lipinski definition) is 2. The van der Waals surface area contributed by atoms with Crippen LogP contribution in [0.15, 0.2) is 30.3 Å². The maximum atomic E-state index is 8.23. The van der Waals surface area contributed by atoms with E-state index < -0.39 is 0 Å². The zero-order valence-corrected chi connectivity index (χ0v) is 9.98. The Hall–Kier alpha value is -1.35. The quantitative estimate of drug-likeness (QED) is 0.572. The molecule has 0 spiro atoms. The molecule has 0 saturated carbocycles. The van der Waals surface area contributed by atoms with Crippen molar-refractivity contribution in [3.05, 3.63) is 35.9 Å². The van der Waals surface area contributed by atoms with Gasteiger partial charge >= 0.3 is 0 Å². The first-order chi connectivity index (χ1) is 7.68. The molecule has 1 atom stereocenters. The lowest BCUT2D eigenvalue weighted by molar-refractivity contribution is 0.161. The third-order valence-corrected chi connectivity index (χ3v) is 3.17. The second-order valence-electron chi connectivity index (χ2n) is 4.52. The van der Waals surface area contributed by atoms with Gasteiger partial charge in [0.1, 0.15) is 5.84 Å². The van der Waals surface area contributed by atoms with E-state index in [0.717, 1.165) is 25.2 Å². The van der Waals surface area contributed by atoms with Crippen molar-refractivity contribution in [2.75, 3.05) is 26.7 Å². The smallest absolute Gasteiger partial charge is 0.128 e. The van der Waals surface area contributed by atoms with Gasteiger partial charge in [0.2, 0.25) is 0 Å². The van der Waals surface area contributed by atoms with Gasteiger partial charge in [0.15, 0.2) is 0 Å². The first-order valence-electron chi connectivity index (χ1n) is 5.77. The number of nitrogens with zero attached hydrogens (tertiary/aromatic N) is 2. The molecule has 1 unspecified atom stereocenters. The molecule has 1 saturated heterocycles. The standard InChI is InChI=1S/C13H19N3/c1-11-10-15(2)8-9-16(11)13(14)12-6-4-3-5-7-12/h3-7,11,14H,8-10H2,1-2H3. The second-order valence-corrected chi connectivity index (χ2v) is 4.52. The summed E-state index contributed by atoms with van der Waals surface area (Å²) in [4.78, 5) is 4.51. The molecule has 1 aliphatic heterocycles. The molecule has 0 aromatic heterocycles. The Labute approximate surface area is 97.2 Å². The third kappa shape index (κ3) is 2.25. The summed E-state index contributed by atoms with van der Waals surface area (Å²) in [5.74, 6) is 0.654. The number of nitrogens with one attached hydrogen (secondary N) is 1. The highest BCUT2D eigenvalue weighted by Gasteiger charge is 2.23. The summed E-state index contributed by atoms with van der Waals surface area (Å²) in [5.41, 5.74) is 1.01. The van der Waals surface area contributed by atoms with E-state index in [1.807, 2.05) is 30.3 Å². The molecular formula is C13H19N3. The van der Waals surface area contributed by atoms with Crippen LogP contribution >= 0.6 is 0 Å². The van der Waals surface area contributed by atoms with Gasteiger partial charge in [0, 0.05) is 31.2 Å². The van der Waals surface area contributed by atoms with Crippen LogP contribution in [0, 0.1) is 5.41 Å². The highest BCUT2D eigenvalue weighted by molar-refractivity contribution is 5.96. The number of hydrogen-bond donors (Lipinski definition) is 1. The van der Waals surface area contributed by atoms with Gasteiger partial charge in [0.05, 0.1) is 0 Å². The summed E-state index contributed by atoms with van der Waals surface area (Å²) in [6.45, 7) is 5.22. The van der Waals surface area contributed by atoms with Gasteiger partial charge in [-0.15, -0.1) is 0 Å². The zero-order valence-electron chi connectivity index (χ0n) is 9.98. The maximum Gasteiger partial charge on any atom is 0.128 e. The van der Waals surface area contributed by atoms with Crippen LogP contribution in [-0.2, 0) is 0 Å². The lowest BCUT2D eigenvalue weighted by Crippen LogP contribution is -2.52. The predicted molar refractivity (Wildman–Crippen MR) is 66.9 cm³/mol. The van der Waals surface area contributed by atoms with Gasteiger partial charge in [-0.3, -0.25) is 5.41 Å². The Morgan fingerprint density at radius 3 is 2.56 bits per heavy atom. The topological polar surface area (TPSA) is 30.3 Å². The summed E-state index contributed by atoms with van der Waals surface area (Å²) < 4.78 is 0. The monoisotopic (exact) mass is 217 g/mol. The van der Waals surface area contributed by atoms with Crippen molar-refractivity contribution in [3.63, 3.8) is 0 Å². The molecule has 3 nitrogen and oxygen atoms in total. The van der Waals surface area contributed by atoms with E-state index in [2.05, 4.69) is 23.8 Å². The molecule has 1 heterocycles. The number of piperazine rings is 1. The van der Waals surface area contributed by atoms with Crippen LogP contribution in [0.3, 0.4) is 0 Å². The molecule has 1 aliphatic rings. The summed E-state index contributed by atoms with van der Waals surface area (Å²) in [6, 6.07) is 10.4. The molecule has 0 radical (unpaired) electrons. The van der Waals surface area contributed by atoms with E-state index in [4.69, 9.17) is 5.41 Å². The van der Waals surface area contributed by atoms with E-state index in [1.165, 1.54) is 0 Å². The minimum Gasteiger partial charge on any atom is -0.351 e. The van der Waals surface area contributed by atoms with Gasteiger partial charge in [-0.05, 0) is 14.0 Å². The van der Waals surface area contributed by atoms with E-state index in [-0.39, 0.29) is 0 Å². The molecule has 0 amide bonds. The summed E-state index contributed by atoms with van der Waals surface area (Å²) in [5, 5.41) is 8.23. The van der Waals surface area contributed by atoms with Crippen molar-refractivity contribution in [1.82, 2.24) is 9.80 Å². The van der Waals surface area contributed by atoms with Crippen molar-refractivity contribution >= 4 is 5.84 Å². The molecule has 0 bridgehead atoms. The fraction of sp³-hybridized carbons (Fsp3) is 0.462. The fourth-order valence-electron chi connectivity index (χ4n) is 2.23. The van der Waals surface area contributed by atoms with Gasteiger partial charge in [-0.2, -0.15) is 0 Å². The van der Waals surface area contributed by atoms with Gasteiger partial charge in [0.25, 0.3) is 0 Å². The number of benzene rings is 1. The summed E-state index contributed by atoms with van der Waals surface area (Å²) in [6.07, 6.45) is 0. The molecule has 3 heteroatoms. The Bertz CT molecular complexity index is 361. The average Bonchev–Trinajstić information content (AvgIpc) is 2.29. The first kappa shape index (κ1) is 11.1. The Kier molecular flexibility index (Phi) is 3.25. The van der Waals surface area contributed by atoms with Crippen LogP contribution in [0.25, 0.3) is 0 Å². The number of amidine groups is 1. The van der Waals surface area contributed by atoms with Gasteiger partial charge in [-0.25, -0.2) is 0 Å². The number of rotatable bonds is 1. The summed E-state index contributed by atoms with van der Waals surface area (Å²) >= 11 is 0. The van der Waals surface area contributed by atoms with Crippen LogP contribution in [0.2, 0.25) is 0 Å². The predicted octanol–water partition coefficient (Wildman–Crippen LogP) is 1.65. The van der Waals surface area contributed by atoms with Gasteiger partial charge in [-0.1, -0.05) is 30.3 Å². The molecule has 1 aromatic rings.